The van der Waals surface area contributed by atoms with Gasteiger partial charge in [0, 0.05) is 5.56 Å². The van der Waals surface area contributed by atoms with E-state index in [1.165, 1.54) is 17.4 Å². The Hall–Kier alpha value is -2.23. The number of rotatable bonds is 5. The molecule has 1 aliphatic rings. The van der Waals surface area contributed by atoms with Crippen LogP contribution in [0, 0.1) is 25.1 Å². The summed E-state index contributed by atoms with van der Waals surface area (Å²) < 4.78 is 14.1. The number of hydrogen-bond donors (Lipinski definition) is 1. The number of carbonyl (C=O) groups excluding carboxylic acids is 1. The molecule has 0 radical (unpaired) electrons. The molecule has 6 heteroatoms. The topological polar surface area (TPSA) is 45.2 Å². The van der Waals surface area contributed by atoms with E-state index in [1.807, 2.05) is 13.8 Å². The first-order valence-electron chi connectivity index (χ1n) is 9.21. The molecule has 1 N–H and O–H groups in total. The van der Waals surface area contributed by atoms with Gasteiger partial charge in [0.25, 0.3) is 0 Å². The molecule has 1 aromatic heterocycles. The summed E-state index contributed by atoms with van der Waals surface area (Å²) in [6.45, 7) is 5.18. The number of amides is 1. The zero-order chi connectivity index (χ0) is 19.4. The summed E-state index contributed by atoms with van der Waals surface area (Å²) >= 11 is 1.42. The van der Waals surface area contributed by atoms with Crippen molar-refractivity contribution >= 4 is 17.2 Å². The minimum Gasteiger partial charge on any atom is -0.347 e. The third-order valence-corrected chi connectivity index (χ3v) is 6.27. The fourth-order valence-electron chi connectivity index (χ4n) is 3.53. The number of hydrogen-bond acceptors (Lipinski definition) is 4. The van der Waals surface area contributed by atoms with E-state index in [-0.39, 0.29) is 23.8 Å². The summed E-state index contributed by atoms with van der Waals surface area (Å²) in [6.07, 6.45) is 8.37. The third-order valence-electron chi connectivity index (χ3n) is 4.90. The van der Waals surface area contributed by atoms with Gasteiger partial charge in [0.1, 0.15) is 10.8 Å². The number of nitrogens with one attached hydrogen (secondary N) is 1. The van der Waals surface area contributed by atoms with Crippen LogP contribution in [-0.4, -0.2) is 34.9 Å². The summed E-state index contributed by atoms with van der Waals surface area (Å²) in [5.41, 5.74) is 1.30. The van der Waals surface area contributed by atoms with Crippen LogP contribution in [0.25, 0.3) is 10.6 Å². The van der Waals surface area contributed by atoms with Gasteiger partial charge in [0.15, 0.2) is 0 Å². The number of benzene rings is 1. The van der Waals surface area contributed by atoms with Gasteiger partial charge in [-0.25, -0.2) is 9.37 Å². The fraction of sp³-hybridized carbons (Fsp3) is 0.429. The molecule has 142 valence electrons. The normalized spacial score (nSPS) is 18.7. The summed E-state index contributed by atoms with van der Waals surface area (Å²) in [4.78, 5) is 20.3. The smallest absolute Gasteiger partial charge is 0.237 e. The van der Waals surface area contributed by atoms with Gasteiger partial charge in [-0.15, -0.1) is 17.8 Å². The van der Waals surface area contributed by atoms with Gasteiger partial charge < -0.3 is 5.32 Å². The molecule has 2 unspecified atom stereocenters. The Balaban J connectivity index is 1.74. The molecule has 1 amide bonds. The van der Waals surface area contributed by atoms with Gasteiger partial charge in [-0.05, 0) is 45.4 Å². The van der Waals surface area contributed by atoms with Gasteiger partial charge in [0.05, 0.1) is 29.2 Å². The molecule has 27 heavy (non-hydrogen) atoms. The van der Waals surface area contributed by atoms with Crippen LogP contribution in [0.3, 0.4) is 0 Å². The molecule has 0 saturated carbocycles. The lowest BCUT2D eigenvalue weighted by Gasteiger charge is -2.33. The third kappa shape index (κ3) is 4.37. The minimum atomic E-state index is -0.290. The van der Waals surface area contributed by atoms with Crippen LogP contribution in [0.2, 0.25) is 0 Å². The maximum Gasteiger partial charge on any atom is 0.237 e. The van der Waals surface area contributed by atoms with Crippen molar-refractivity contribution in [2.24, 2.45) is 0 Å². The first kappa shape index (κ1) is 19.5. The van der Waals surface area contributed by atoms with Crippen molar-refractivity contribution in [1.82, 2.24) is 15.2 Å². The lowest BCUT2D eigenvalue weighted by molar-refractivity contribution is -0.128. The molecule has 1 aromatic carbocycles. The van der Waals surface area contributed by atoms with Crippen LogP contribution in [-0.2, 0) is 4.79 Å². The van der Waals surface area contributed by atoms with Crippen LogP contribution in [0.4, 0.5) is 4.39 Å². The monoisotopic (exact) mass is 385 g/mol. The van der Waals surface area contributed by atoms with Crippen molar-refractivity contribution in [2.45, 2.75) is 45.2 Å². The van der Waals surface area contributed by atoms with Gasteiger partial charge in [0.2, 0.25) is 5.91 Å². The van der Waals surface area contributed by atoms with E-state index in [1.54, 1.807) is 18.2 Å². The van der Waals surface area contributed by atoms with E-state index in [4.69, 9.17) is 6.42 Å². The maximum absolute atomic E-state index is 14.1. The van der Waals surface area contributed by atoms with Crippen LogP contribution >= 0.6 is 11.3 Å². The Bertz CT molecular complexity index is 857. The number of aromatic nitrogens is 1. The zero-order valence-corrected chi connectivity index (χ0v) is 16.5. The second-order valence-corrected chi connectivity index (χ2v) is 7.90. The van der Waals surface area contributed by atoms with E-state index in [0.717, 1.165) is 36.4 Å². The van der Waals surface area contributed by atoms with Crippen molar-refractivity contribution in [1.29, 1.82) is 0 Å². The number of thiazole rings is 1. The zero-order valence-electron chi connectivity index (χ0n) is 15.7. The van der Waals surface area contributed by atoms with Gasteiger partial charge in [-0.3, -0.25) is 9.69 Å². The molecule has 1 fully saturated rings. The van der Waals surface area contributed by atoms with Crippen LogP contribution in [0.5, 0.6) is 0 Å². The molecule has 4 nitrogen and oxygen atoms in total. The molecule has 1 aliphatic heterocycles. The van der Waals surface area contributed by atoms with E-state index in [9.17, 15) is 9.18 Å². The molecular weight excluding hydrogens is 361 g/mol. The fourth-order valence-corrected chi connectivity index (χ4v) is 4.62. The number of piperidine rings is 1. The molecule has 0 spiro atoms. The Morgan fingerprint density at radius 2 is 2.26 bits per heavy atom. The van der Waals surface area contributed by atoms with Crippen LogP contribution in [0.1, 0.15) is 42.8 Å². The lowest BCUT2D eigenvalue weighted by Crippen LogP contribution is -2.49. The van der Waals surface area contributed by atoms with Crippen molar-refractivity contribution < 1.29 is 9.18 Å². The van der Waals surface area contributed by atoms with E-state index in [0.29, 0.717) is 17.1 Å². The first-order valence-corrected chi connectivity index (χ1v) is 10.0. The van der Waals surface area contributed by atoms with E-state index in [2.05, 4.69) is 21.1 Å². The van der Waals surface area contributed by atoms with Gasteiger partial charge >= 0.3 is 0 Å². The van der Waals surface area contributed by atoms with E-state index < -0.39 is 0 Å². The average Bonchev–Trinajstić information content (AvgIpc) is 3.04. The highest BCUT2D eigenvalue weighted by Gasteiger charge is 2.29. The summed E-state index contributed by atoms with van der Waals surface area (Å²) in [7, 11) is 0. The predicted octanol–water partition coefficient (Wildman–Crippen LogP) is 3.92. The minimum absolute atomic E-state index is 0.00214. The molecular formula is C21H24FN3OS. The molecule has 1 saturated heterocycles. The highest BCUT2D eigenvalue weighted by molar-refractivity contribution is 7.15. The summed E-state index contributed by atoms with van der Waals surface area (Å²) in [5, 5.41) is 3.73. The van der Waals surface area contributed by atoms with Crippen molar-refractivity contribution in [3.63, 3.8) is 0 Å². The number of terminal acetylenes is 1. The number of likely N-dealkylation sites (tertiary alicyclic amines) is 1. The Kier molecular flexibility index (Phi) is 6.25. The summed E-state index contributed by atoms with van der Waals surface area (Å²) in [5.74, 6) is 2.35. The second-order valence-electron chi connectivity index (χ2n) is 6.86. The Labute approximate surface area is 163 Å². The average molecular weight is 386 g/mol. The standard InChI is InChI=1S/C21H24FN3OS/c1-4-12-25-13-8-7-11-18(25)20(26)23-14(2)19-15(3)24-21(27-19)16-9-5-6-10-17(16)22/h1,5-6,9-10,14,18H,7-8,11-13H2,2-3H3,(H,23,26). The maximum atomic E-state index is 14.1. The molecule has 3 rings (SSSR count). The predicted molar refractivity (Wildman–Crippen MR) is 107 cm³/mol. The molecule has 0 bridgehead atoms. The van der Waals surface area contributed by atoms with E-state index >= 15 is 0 Å². The van der Waals surface area contributed by atoms with Gasteiger partial charge in [-0.2, -0.15) is 0 Å². The van der Waals surface area contributed by atoms with Crippen molar-refractivity contribution in [3.8, 4) is 22.9 Å². The van der Waals surface area contributed by atoms with Gasteiger partial charge in [-0.1, -0.05) is 24.5 Å². The van der Waals surface area contributed by atoms with Crippen molar-refractivity contribution in [2.75, 3.05) is 13.1 Å². The Morgan fingerprint density at radius 3 is 3.00 bits per heavy atom. The second kappa shape index (κ2) is 8.64. The highest BCUT2D eigenvalue weighted by Crippen LogP contribution is 2.33. The quantitative estimate of drug-likeness (QED) is 0.794. The molecule has 2 atom stereocenters. The van der Waals surface area contributed by atoms with Crippen LogP contribution in [0.15, 0.2) is 24.3 Å². The summed E-state index contributed by atoms with van der Waals surface area (Å²) in [6, 6.07) is 6.24. The molecule has 0 aliphatic carbocycles. The SMILES string of the molecule is C#CCN1CCCCC1C(=O)NC(C)c1sc(-c2ccccc2F)nc1C. The molecule has 2 aromatic rings. The number of halogens is 1. The Morgan fingerprint density at radius 1 is 1.48 bits per heavy atom. The number of nitrogens with zero attached hydrogens (tertiary/aromatic N) is 2. The number of aryl methyl sites for hydroxylation is 1. The number of carbonyl (C=O) groups is 1. The first-order chi connectivity index (χ1) is 13.0. The van der Waals surface area contributed by atoms with Crippen LogP contribution < -0.4 is 5.32 Å². The van der Waals surface area contributed by atoms with Crippen molar-refractivity contribution in [3.05, 3.63) is 40.7 Å². The largest absolute Gasteiger partial charge is 0.347 e. The lowest BCUT2D eigenvalue weighted by atomic mass is 10.0. The molecule has 2 heterocycles. The highest BCUT2D eigenvalue weighted by atomic mass is 32.1.